The van der Waals surface area contributed by atoms with Crippen LogP contribution in [0.1, 0.15) is 20.8 Å². The molecule has 0 rings (SSSR count). The van der Waals surface area contributed by atoms with Crippen molar-refractivity contribution in [3.05, 3.63) is 0 Å². The van der Waals surface area contributed by atoms with Gasteiger partial charge in [-0.15, -0.1) is 0 Å². The summed E-state index contributed by atoms with van der Waals surface area (Å²) >= 11 is 0. The van der Waals surface area contributed by atoms with Crippen LogP contribution in [0.15, 0.2) is 0 Å². The molecule has 0 aromatic heterocycles. The minimum absolute atomic E-state index is 0.137. The normalized spacial score (nSPS) is 11.3. The van der Waals surface area contributed by atoms with Gasteiger partial charge in [-0.1, -0.05) is 20.8 Å². The van der Waals surface area contributed by atoms with Gasteiger partial charge >= 0.3 is 7.12 Å². The van der Waals surface area contributed by atoms with Gasteiger partial charge in [-0.3, -0.25) is 4.79 Å². The monoisotopic (exact) mass is 144 g/mol. The lowest BCUT2D eigenvalue weighted by Gasteiger charge is -2.15. The number of hydrogen-bond donors (Lipinski definition) is 2. The topological polar surface area (TPSA) is 57.5 Å². The molecule has 3 nitrogen and oxygen atoms in total. The Balaban J connectivity index is 3.87. The molecule has 2 N–H and O–H groups in total. The van der Waals surface area contributed by atoms with Crippen LogP contribution in [-0.4, -0.2) is 22.9 Å². The van der Waals surface area contributed by atoms with Gasteiger partial charge < -0.3 is 10.0 Å². The molecule has 0 saturated heterocycles. The number of carbonyl (C=O) groups is 1. The number of hydrogen-bond acceptors (Lipinski definition) is 3. The maximum atomic E-state index is 11.0. The largest absolute Gasteiger partial charge is 0.459 e. The summed E-state index contributed by atoms with van der Waals surface area (Å²) in [5.41, 5.74) is -0.469. The van der Waals surface area contributed by atoms with Gasteiger partial charge in [0.15, 0.2) is 0 Å². The average molecular weight is 144 g/mol. The molecule has 58 valence electrons. The first-order valence-corrected chi connectivity index (χ1v) is 3.23. The van der Waals surface area contributed by atoms with E-state index in [4.69, 9.17) is 10.0 Å². The predicted molar refractivity (Wildman–Crippen MR) is 39.5 cm³/mol. The molecule has 0 unspecified atom stereocenters. The molecule has 0 fully saturated rings. The third kappa shape index (κ3) is 3.64. The van der Waals surface area contributed by atoms with Crippen molar-refractivity contribution >= 4 is 12.9 Å². The van der Waals surface area contributed by atoms with E-state index in [-0.39, 0.29) is 12.1 Å². The van der Waals surface area contributed by atoms with E-state index < -0.39 is 12.5 Å². The highest BCUT2D eigenvalue weighted by atomic mass is 16.4. The Bertz CT molecular complexity index is 125. The number of Topliss-reactive ketones (excluding diaryl/α,β-unsaturated/α-hetero) is 1. The Morgan fingerprint density at radius 3 is 1.90 bits per heavy atom. The lowest BCUT2D eigenvalue weighted by molar-refractivity contribution is -0.124. The Morgan fingerprint density at radius 1 is 1.40 bits per heavy atom. The fourth-order valence-corrected chi connectivity index (χ4v) is 0.472. The lowest BCUT2D eigenvalue weighted by Crippen LogP contribution is -2.26. The molecule has 0 heterocycles. The fraction of sp³-hybridized carbons (Fsp3) is 0.833. The first-order valence-electron chi connectivity index (χ1n) is 3.23. The maximum Gasteiger partial charge on any atom is 0.459 e. The zero-order chi connectivity index (χ0) is 8.36. The standard InChI is InChI=1S/C6H13BO3/c1-6(2,3)5(8)4-7(9)10/h9-10H,4H2,1-3H3. The SMILES string of the molecule is CC(C)(C)C(=O)CB(O)O. The third-order valence-electron chi connectivity index (χ3n) is 1.20. The molecule has 10 heavy (non-hydrogen) atoms. The highest BCUT2D eigenvalue weighted by molar-refractivity contribution is 6.46. The van der Waals surface area contributed by atoms with Gasteiger partial charge in [0.1, 0.15) is 5.78 Å². The zero-order valence-corrected chi connectivity index (χ0v) is 6.59. The Hall–Kier alpha value is -0.345. The molecule has 0 bridgehead atoms. The summed E-state index contributed by atoms with van der Waals surface area (Å²) in [5.74, 6) is -0.137. The molecule has 0 aromatic carbocycles. The minimum atomic E-state index is -1.51. The molecule has 0 amide bonds. The predicted octanol–water partition coefficient (Wildman–Crippen LogP) is 0.0744. The van der Waals surface area contributed by atoms with Crippen molar-refractivity contribution in [1.82, 2.24) is 0 Å². The molecule has 0 aliphatic carbocycles. The molecular formula is C6H13BO3. The van der Waals surface area contributed by atoms with Gasteiger partial charge in [-0.25, -0.2) is 0 Å². The van der Waals surface area contributed by atoms with Crippen LogP contribution in [-0.2, 0) is 4.79 Å². The summed E-state index contributed by atoms with van der Waals surface area (Å²) in [7, 11) is -1.51. The number of carbonyl (C=O) groups excluding carboxylic acids is 1. The van der Waals surface area contributed by atoms with Gasteiger partial charge in [0.25, 0.3) is 0 Å². The minimum Gasteiger partial charge on any atom is -0.427 e. The summed E-state index contributed by atoms with van der Waals surface area (Å²) in [6, 6.07) is 0. The molecule has 0 radical (unpaired) electrons. The van der Waals surface area contributed by atoms with Crippen molar-refractivity contribution in [3.63, 3.8) is 0 Å². The van der Waals surface area contributed by atoms with Crippen molar-refractivity contribution in [2.24, 2.45) is 5.41 Å². The van der Waals surface area contributed by atoms with Gasteiger partial charge in [0, 0.05) is 11.7 Å². The highest BCUT2D eigenvalue weighted by Crippen LogP contribution is 2.16. The Labute approximate surface area is 61.2 Å². The van der Waals surface area contributed by atoms with E-state index in [9.17, 15) is 4.79 Å². The van der Waals surface area contributed by atoms with E-state index in [2.05, 4.69) is 0 Å². The second kappa shape index (κ2) is 3.17. The highest BCUT2D eigenvalue weighted by Gasteiger charge is 2.25. The Kier molecular flexibility index (Phi) is 3.06. The van der Waals surface area contributed by atoms with E-state index >= 15 is 0 Å². The Morgan fingerprint density at radius 2 is 1.80 bits per heavy atom. The molecule has 0 atom stereocenters. The van der Waals surface area contributed by atoms with Crippen LogP contribution in [0, 0.1) is 5.41 Å². The van der Waals surface area contributed by atoms with Crippen LogP contribution in [0.3, 0.4) is 0 Å². The molecular weight excluding hydrogens is 131 g/mol. The van der Waals surface area contributed by atoms with Crippen molar-refractivity contribution in [2.45, 2.75) is 27.1 Å². The van der Waals surface area contributed by atoms with Crippen LogP contribution in [0.4, 0.5) is 0 Å². The van der Waals surface area contributed by atoms with Crippen LogP contribution >= 0.6 is 0 Å². The van der Waals surface area contributed by atoms with E-state index in [0.29, 0.717) is 0 Å². The fourth-order valence-electron chi connectivity index (χ4n) is 0.472. The van der Waals surface area contributed by atoms with Gasteiger partial charge in [-0.05, 0) is 0 Å². The van der Waals surface area contributed by atoms with Crippen LogP contribution < -0.4 is 0 Å². The first kappa shape index (κ1) is 9.65. The zero-order valence-electron chi connectivity index (χ0n) is 6.59. The van der Waals surface area contributed by atoms with E-state index in [1.54, 1.807) is 20.8 Å². The van der Waals surface area contributed by atoms with E-state index in [0.717, 1.165) is 0 Å². The van der Waals surface area contributed by atoms with E-state index in [1.165, 1.54) is 0 Å². The molecule has 0 aliphatic heterocycles. The van der Waals surface area contributed by atoms with Crippen molar-refractivity contribution < 1.29 is 14.8 Å². The summed E-state index contributed by atoms with van der Waals surface area (Å²) in [6.07, 6.45) is -0.177. The third-order valence-corrected chi connectivity index (χ3v) is 1.20. The summed E-state index contributed by atoms with van der Waals surface area (Å²) < 4.78 is 0. The molecule has 0 aliphatic rings. The average Bonchev–Trinajstić information content (AvgIpc) is 1.60. The maximum absolute atomic E-state index is 11.0. The molecule has 0 saturated carbocycles. The summed E-state index contributed by atoms with van der Waals surface area (Å²) in [6.45, 7) is 5.24. The van der Waals surface area contributed by atoms with Gasteiger partial charge in [0.2, 0.25) is 0 Å². The van der Waals surface area contributed by atoms with Crippen molar-refractivity contribution in [2.75, 3.05) is 0 Å². The molecule has 0 aromatic rings. The van der Waals surface area contributed by atoms with Crippen molar-refractivity contribution in [1.29, 1.82) is 0 Å². The first-order chi connectivity index (χ1) is 4.34. The van der Waals surface area contributed by atoms with Crippen LogP contribution in [0.25, 0.3) is 0 Å². The van der Waals surface area contributed by atoms with Crippen LogP contribution in [0.2, 0.25) is 6.32 Å². The van der Waals surface area contributed by atoms with Gasteiger partial charge in [0.05, 0.1) is 0 Å². The number of ketones is 1. The molecule has 4 heteroatoms. The quantitative estimate of drug-likeness (QED) is 0.539. The smallest absolute Gasteiger partial charge is 0.427 e. The van der Waals surface area contributed by atoms with E-state index in [1.807, 2.05) is 0 Å². The summed E-state index contributed by atoms with van der Waals surface area (Å²) in [5, 5.41) is 16.8. The van der Waals surface area contributed by atoms with Crippen molar-refractivity contribution in [3.8, 4) is 0 Å². The summed E-state index contributed by atoms with van der Waals surface area (Å²) in [4.78, 5) is 11.0. The second-order valence-corrected chi connectivity index (χ2v) is 3.36. The van der Waals surface area contributed by atoms with Gasteiger partial charge in [-0.2, -0.15) is 0 Å². The van der Waals surface area contributed by atoms with Crippen LogP contribution in [0.5, 0.6) is 0 Å². The second-order valence-electron chi connectivity index (χ2n) is 3.36. The number of rotatable bonds is 2. The molecule has 0 spiro atoms. The lowest BCUT2D eigenvalue weighted by atomic mass is 9.75.